The van der Waals surface area contributed by atoms with Gasteiger partial charge in [0.25, 0.3) is 0 Å². The summed E-state index contributed by atoms with van der Waals surface area (Å²) in [6, 6.07) is 27.5. The van der Waals surface area contributed by atoms with Crippen molar-refractivity contribution in [3.8, 4) is 11.8 Å². The van der Waals surface area contributed by atoms with Gasteiger partial charge in [-0.1, -0.05) is 119 Å². The molecule has 0 amide bonds. The first-order valence-electron chi connectivity index (χ1n) is 15.1. The van der Waals surface area contributed by atoms with E-state index in [9.17, 15) is 0 Å². The molecule has 0 saturated carbocycles. The zero-order chi connectivity index (χ0) is 27.3. The van der Waals surface area contributed by atoms with E-state index in [0.29, 0.717) is 5.39 Å². The number of halogens is 1. The molecule has 0 unspecified atom stereocenters. The van der Waals surface area contributed by atoms with Crippen LogP contribution < -0.4 is 0 Å². The Balaban J connectivity index is 1.31. The molecule has 0 nitrogen and oxygen atoms in total. The number of benzene rings is 4. The Morgan fingerprint density at radius 3 is 1.74 bits per heavy atom. The molecule has 0 aliphatic carbocycles. The van der Waals surface area contributed by atoms with E-state index in [1.807, 2.05) is 30.3 Å². The Labute approximate surface area is 235 Å². The van der Waals surface area contributed by atoms with E-state index in [1.165, 1.54) is 68.1 Å². The standard InChI is InChI=1S/C38H43F/c1-3-5-7-8-10-12-35-26-27-36-29-34(25-28-37(36)38(35)39)24-23-33-21-19-32(20-22-33)18-17-31-15-13-30(14-16-31)11-9-6-4-2/h13-16,19-22,25-29H,3-12,17-18H2,1-2H3. The SMILES string of the molecule is CCCCCCCc1ccc2cc(C#Cc3ccc(CCc4ccc(CCCCC)cc4)cc3)ccc2c1F. The van der Waals surface area contributed by atoms with Gasteiger partial charge in [0.1, 0.15) is 5.82 Å². The summed E-state index contributed by atoms with van der Waals surface area (Å²) in [5.74, 6) is 6.48. The van der Waals surface area contributed by atoms with Gasteiger partial charge in [0.15, 0.2) is 0 Å². The molecule has 0 fully saturated rings. The Hall–Kier alpha value is -3.37. The van der Waals surface area contributed by atoms with Gasteiger partial charge in [0.2, 0.25) is 0 Å². The average molecular weight is 519 g/mol. The second kappa shape index (κ2) is 15.3. The predicted molar refractivity (Wildman–Crippen MR) is 166 cm³/mol. The van der Waals surface area contributed by atoms with Crippen molar-refractivity contribution in [1.82, 2.24) is 0 Å². The van der Waals surface area contributed by atoms with Crippen molar-refractivity contribution in [3.05, 3.63) is 118 Å². The molecular weight excluding hydrogens is 475 g/mol. The number of aryl methyl sites for hydroxylation is 4. The third-order valence-corrected chi connectivity index (χ3v) is 7.68. The zero-order valence-corrected chi connectivity index (χ0v) is 23.9. The first-order valence-corrected chi connectivity index (χ1v) is 15.1. The highest BCUT2D eigenvalue weighted by molar-refractivity contribution is 5.85. The van der Waals surface area contributed by atoms with Crippen molar-refractivity contribution in [2.45, 2.75) is 90.9 Å². The summed E-state index contributed by atoms with van der Waals surface area (Å²) in [4.78, 5) is 0. The molecular formula is C38H43F. The Bertz CT molecular complexity index is 1370. The summed E-state index contributed by atoms with van der Waals surface area (Å²) in [6.45, 7) is 4.47. The van der Waals surface area contributed by atoms with Crippen LogP contribution in [0.4, 0.5) is 4.39 Å². The lowest BCUT2D eigenvalue weighted by Crippen LogP contribution is -1.93. The molecule has 39 heavy (non-hydrogen) atoms. The summed E-state index contributed by atoms with van der Waals surface area (Å²) >= 11 is 0. The molecule has 0 N–H and O–H groups in total. The molecule has 4 aromatic carbocycles. The predicted octanol–water partition coefficient (Wildman–Crippen LogP) is 10.4. The zero-order valence-electron chi connectivity index (χ0n) is 23.9. The minimum atomic E-state index is -0.0685. The van der Waals surface area contributed by atoms with Crippen molar-refractivity contribution < 1.29 is 4.39 Å². The monoisotopic (exact) mass is 518 g/mol. The van der Waals surface area contributed by atoms with Crippen LogP contribution in [-0.4, -0.2) is 0 Å². The fourth-order valence-corrected chi connectivity index (χ4v) is 5.17. The molecule has 0 spiro atoms. The molecule has 4 aromatic rings. The summed E-state index contributed by atoms with van der Waals surface area (Å²) in [5.41, 5.74) is 6.91. The van der Waals surface area contributed by atoms with Crippen LogP contribution in [0.25, 0.3) is 10.8 Å². The lowest BCUT2D eigenvalue weighted by molar-refractivity contribution is 0.595. The van der Waals surface area contributed by atoms with E-state index < -0.39 is 0 Å². The fraction of sp³-hybridized carbons (Fsp3) is 0.368. The van der Waals surface area contributed by atoms with Gasteiger partial charge < -0.3 is 0 Å². The van der Waals surface area contributed by atoms with Gasteiger partial charge in [-0.2, -0.15) is 0 Å². The maximum absolute atomic E-state index is 15.1. The van der Waals surface area contributed by atoms with Gasteiger partial charge >= 0.3 is 0 Å². The normalized spacial score (nSPS) is 10.9. The van der Waals surface area contributed by atoms with E-state index in [4.69, 9.17) is 0 Å². The summed E-state index contributed by atoms with van der Waals surface area (Å²) in [6.07, 6.45) is 13.9. The summed E-state index contributed by atoms with van der Waals surface area (Å²) in [7, 11) is 0. The summed E-state index contributed by atoms with van der Waals surface area (Å²) < 4.78 is 15.1. The quantitative estimate of drug-likeness (QED) is 0.122. The molecule has 0 saturated heterocycles. The maximum atomic E-state index is 15.1. The van der Waals surface area contributed by atoms with Crippen LogP contribution in [-0.2, 0) is 25.7 Å². The minimum absolute atomic E-state index is 0.0685. The molecule has 0 aliphatic heterocycles. The number of unbranched alkanes of at least 4 members (excludes halogenated alkanes) is 6. The van der Waals surface area contributed by atoms with E-state index in [-0.39, 0.29) is 5.82 Å². The van der Waals surface area contributed by atoms with Crippen molar-refractivity contribution in [2.75, 3.05) is 0 Å². The minimum Gasteiger partial charge on any atom is -0.206 e. The number of fused-ring (bicyclic) bond motifs is 1. The molecule has 202 valence electrons. The van der Waals surface area contributed by atoms with Gasteiger partial charge in [-0.15, -0.1) is 0 Å². The molecule has 0 aliphatic rings. The smallest absolute Gasteiger partial charge is 0.134 e. The Morgan fingerprint density at radius 1 is 0.513 bits per heavy atom. The molecule has 0 radical (unpaired) electrons. The van der Waals surface area contributed by atoms with Crippen molar-refractivity contribution >= 4 is 10.8 Å². The third-order valence-electron chi connectivity index (χ3n) is 7.68. The first kappa shape index (κ1) is 28.6. The van der Waals surface area contributed by atoms with E-state index in [2.05, 4.69) is 74.2 Å². The molecule has 0 heterocycles. The number of hydrogen-bond donors (Lipinski definition) is 0. The van der Waals surface area contributed by atoms with Crippen LogP contribution >= 0.6 is 0 Å². The highest BCUT2D eigenvalue weighted by Gasteiger charge is 2.08. The second-order valence-corrected chi connectivity index (χ2v) is 10.9. The highest BCUT2D eigenvalue weighted by atomic mass is 19.1. The van der Waals surface area contributed by atoms with Crippen LogP contribution in [0.2, 0.25) is 0 Å². The molecule has 4 rings (SSSR count). The van der Waals surface area contributed by atoms with Crippen LogP contribution in [0.3, 0.4) is 0 Å². The first-order chi connectivity index (χ1) is 19.2. The third kappa shape index (κ3) is 8.83. The topological polar surface area (TPSA) is 0 Å². The second-order valence-electron chi connectivity index (χ2n) is 10.9. The number of hydrogen-bond acceptors (Lipinski definition) is 0. The van der Waals surface area contributed by atoms with Gasteiger partial charge in [0, 0.05) is 16.5 Å². The van der Waals surface area contributed by atoms with E-state index >= 15 is 4.39 Å². The number of rotatable bonds is 13. The van der Waals surface area contributed by atoms with Crippen molar-refractivity contribution in [2.24, 2.45) is 0 Å². The fourth-order valence-electron chi connectivity index (χ4n) is 5.17. The lowest BCUT2D eigenvalue weighted by atomic mass is 9.99. The molecule has 1 heteroatoms. The molecule has 0 bridgehead atoms. The highest BCUT2D eigenvalue weighted by Crippen LogP contribution is 2.24. The van der Waals surface area contributed by atoms with Gasteiger partial charge in [0.05, 0.1) is 0 Å². The lowest BCUT2D eigenvalue weighted by Gasteiger charge is -2.07. The van der Waals surface area contributed by atoms with Gasteiger partial charge in [-0.3, -0.25) is 0 Å². The average Bonchev–Trinajstić information content (AvgIpc) is 2.97. The Kier molecular flexibility index (Phi) is 11.2. The molecule has 0 atom stereocenters. The Morgan fingerprint density at radius 2 is 1.05 bits per heavy atom. The molecule has 0 aromatic heterocycles. The largest absolute Gasteiger partial charge is 0.206 e. The van der Waals surface area contributed by atoms with E-state index in [1.54, 1.807) is 0 Å². The van der Waals surface area contributed by atoms with Gasteiger partial charge in [-0.05, 0) is 90.4 Å². The van der Waals surface area contributed by atoms with Crippen molar-refractivity contribution in [1.29, 1.82) is 0 Å². The van der Waals surface area contributed by atoms with Crippen molar-refractivity contribution in [3.63, 3.8) is 0 Å². The van der Waals surface area contributed by atoms with Gasteiger partial charge in [-0.25, -0.2) is 4.39 Å². The van der Waals surface area contributed by atoms with Crippen LogP contribution in [0.15, 0.2) is 78.9 Å². The summed E-state index contributed by atoms with van der Waals surface area (Å²) in [5, 5.41) is 1.61. The van der Waals surface area contributed by atoms with Crippen LogP contribution in [0.1, 0.15) is 98.6 Å². The van der Waals surface area contributed by atoms with E-state index in [0.717, 1.165) is 47.8 Å². The van der Waals surface area contributed by atoms with Crippen LogP contribution in [0, 0.1) is 17.7 Å². The maximum Gasteiger partial charge on any atom is 0.134 e. The van der Waals surface area contributed by atoms with Crippen LogP contribution in [0.5, 0.6) is 0 Å².